The number of anilines is 1. The number of aromatic carboxylic acids is 1. The minimum atomic E-state index is -3.02. The van der Waals surface area contributed by atoms with Gasteiger partial charge in [-0.05, 0) is 12.1 Å². The van der Waals surface area contributed by atoms with Gasteiger partial charge in [0.15, 0.2) is 15.5 Å². The molecule has 1 rings (SSSR count). The normalized spacial score (nSPS) is 11.1. The van der Waals surface area contributed by atoms with Gasteiger partial charge in [-0.25, -0.2) is 13.2 Å². The number of sulfone groups is 1. The number of carboxylic acid groups (broad SMARTS) is 1. The molecule has 1 aromatic rings. The van der Waals surface area contributed by atoms with Crippen LogP contribution in [0.1, 0.15) is 17.4 Å². The van der Waals surface area contributed by atoms with E-state index in [1.807, 2.05) is 0 Å². The Hall–Kier alpha value is -1.70. The van der Waals surface area contributed by atoms with Crippen LogP contribution in [0.3, 0.4) is 0 Å². The molecule has 0 aliphatic rings. The second kappa shape index (κ2) is 5.58. The van der Waals surface area contributed by atoms with E-state index in [4.69, 9.17) is 5.11 Å². The minimum Gasteiger partial charge on any atom is -0.476 e. The summed E-state index contributed by atoms with van der Waals surface area (Å²) in [6.45, 7) is 1.80. The van der Waals surface area contributed by atoms with Crippen LogP contribution in [-0.2, 0) is 9.84 Å². The Morgan fingerprint density at radius 2 is 2.12 bits per heavy atom. The minimum absolute atomic E-state index is 0.00582. The maximum atomic E-state index is 11.2. The van der Waals surface area contributed by atoms with Gasteiger partial charge in [0.25, 0.3) is 0 Å². The molecule has 1 heterocycles. The molecule has 17 heavy (non-hydrogen) atoms. The maximum Gasteiger partial charge on any atom is 0.356 e. The van der Waals surface area contributed by atoms with Crippen molar-refractivity contribution >= 4 is 21.6 Å². The summed E-state index contributed by atoms with van der Waals surface area (Å²) < 4.78 is 22.4. The first-order valence-corrected chi connectivity index (χ1v) is 6.78. The van der Waals surface area contributed by atoms with Crippen molar-refractivity contribution in [3.63, 3.8) is 0 Å². The van der Waals surface area contributed by atoms with Crippen molar-refractivity contribution < 1.29 is 18.3 Å². The fourth-order valence-corrected chi connectivity index (χ4v) is 1.72. The topological polar surface area (TPSA) is 109 Å². The summed E-state index contributed by atoms with van der Waals surface area (Å²) in [5, 5.41) is 18.4. The fraction of sp³-hybridized carbons (Fsp3) is 0.444. The molecule has 2 N–H and O–H groups in total. The van der Waals surface area contributed by atoms with Crippen molar-refractivity contribution in [3.8, 4) is 0 Å². The first-order valence-electron chi connectivity index (χ1n) is 4.96. The zero-order valence-electron chi connectivity index (χ0n) is 9.25. The van der Waals surface area contributed by atoms with Crippen LogP contribution < -0.4 is 5.32 Å². The Morgan fingerprint density at radius 3 is 2.59 bits per heavy atom. The second-order valence-corrected chi connectivity index (χ2v) is 5.74. The number of nitrogens with one attached hydrogen (secondary N) is 1. The predicted molar refractivity (Wildman–Crippen MR) is 61.8 cm³/mol. The van der Waals surface area contributed by atoms with E-state index < -0.39 is 15.8 Å². The summed E-state index contributed by atoms with van der Waals surface area (Å²) >= 11 is 0. The summed E-state index contributed by atoms with van der Waals surface area (Å²) in [5.41, 5.74) is -0.156. The van der Waals surface area contributed by atoms with Crippen molar-refractivity contribution in [1.82, 2.24) is 10.2 Å². The number of hydrogen-bond acceptors (Lipinski definition) is 6. The van der Waals surface area contributed by atoms with Crippen molar-refractivity contribution in [1.29, 1.82) is 0 Å². The molecule has 0 atom stereocenters. The number of rotatable bonds is 6. The molecule has 0 aliphatic heterocycles. The SMILES string of the molecule is CCS(=O)(=O)CCNc1ccc(C(=O)O)nn1. The molecule has 0 unspecified atom stereocenters. The third-order valence-corrected chi connectivity index (χ3v) is 3.75. The molecular formula is C9H13N3O4S. The molecule has 0 spiro atoms. The van der Waals surface area contributed by atoms with Gasteiger partial charge < -0.3 is 10.4 Å². The van der Waals surface area contributed by atoms with E-state index >= 15 is 0 Å². The lowest BCUT2D eigenvalue weighted by Gasteiger charge is -2.04. The van der Waals surface area contributed by atoms with Crippen LogP contribution in [0.2, 0.25) is 0 Å². The maximum absolute atomic E-state index is 11.2. The number of carbonyl (C=O) groups is 1. The van der Waals surface area contributed by atoms with Gasteiger partial charge >= 0.3 is 5.97 Å². The van der Waals surface area contributed by atoms with Crippen LogP contribution >= 0.6 is 0 Å². The third kappa shape index (κ3) is 4.35. The van der Waals surface area contributed by atoms with Crippen molar-refractivity contribution in [2.75, 3.05) is 23.4 Å². The van der Waals surface area contributed by atoms with Gasteiger partial charge in [0.05, 0.1) is 5.75 Å². The van der Waals surface area contributed by atoms with E-state index in [2.05, 4.69) is 15.5 Å². The molecule has 0 fully saturated rings. The molecule has 0 aromatic carbocycles. The summed E-state index contributed by atoms with van der Waals surface area (Å²) in [6.07, 6.45) is 0. The van der Waals surface area contributed by atoms with Crippen LogP contribution in [-0.4, -0.2) is 47.7 Å². The highest BCUT2D eigenvalue weighted by atomic mass is 32.2. The monoisotopic (exact) mass is 259 g/mol. The molecular weight excluding hydrogens is 246 g/mol. The Balaban J connectivity index is 2.51. The lowest BCUT2D eigenvalue weighted by Crippen LogP contribution is -2.18. The van der Waals surface area contributed by atoms with Gasteiger partial charge in [0.1, 0.15) is 5.82 Å². The molecule has 1 aromatic heterocycles. The second-order valence-electron chi connectivity index (χ2n) is 3.27. The Labute approximate surface area is 98.8 Å². The quantitative estimate of drug-likeness (QED) is 0.741. The molecule has 0 bridgehead atoms. The smallest absolute Gasteiger partial charge is 0.356 e. The Bertz CT molecular complexity index is 483. The third-order valence-electron chi connectivity index (χ3n) is 2.04. The van der Waals surface area contributed by atoms with Crippen molar-refractivity contribution in [2.45, 2.75) is 6.92 Å². The lowest BCUT2D eigenvalue weighted by molar-refractivity contribution is 0.0689. The predicted octanol–water partition coefficient (Wildman–Crippen LogP) is 0.0214. The highest BCUT2D eigenvalue weighted by Crippen LogP contribution is 2.01. The molecule has 0 amide bonds. The summed E-state index contributed by atoms with van der Waals surface area (Å²) in [5.74, 6) is -0.705. The van der Waals surface area contributed by atoms with Gasteiger partial charge in [-0.1, -0.05) is 6.92 Å². The molecule has 94 valence electrons. The summed E-state index contributed by atoms with van der Waals surface area (Å²) in [4.78, 5) is 10.5. The van der Waals surface area contributed by atoms with Gasteiger partial charge in [-0.3, -0.25) is 0 Å². The van der Waals surface area contributed by atoms with Crippen molar-refractivity contribution in [2.24, 2.45) is 0 Å². The van der Waals surface area contributed by atoms with E-state index in [1.54, 1.807) is 6.92 Å². The lowest BCUT2D eigenvalue weighted by atomic mass is 10.4. The van der Waals surface area contributed by atoms with E-state index in [9.17, 15) is 13.2 Å². The largest absolute Gasteiger partial charge is 0.476 e. The van der Waals surface area contributed by atoms with E-state index in [0.717, 1.165) is 0 Å². The highest BCUT2D eigenvalue weighted by Gasteiger charge is 2.08. The van der Waals surface area contributed by atoms with Gasteiger partial charge in [-0.2, -0.15) is 0 Å². The van der Waals surface area contributed by atoms with Gasteiger partial charge in [-0.15, -0.1) is 10.2 Å². The van der Waals surface area contributed by atoms with Crippen LogP contribution in [0.15, 0.2) is 12.1 Å². The fourth-order valence-electron chi connectivity index (χ4n) is 1.02. The Kier molecular flexibility index (Phi) is 4.38. The van der Waals surface area contributed by atoms with Crippen LogP contribution in [0, 0.1) is 0 Å². The molecule has 7 nitrogen and oxygen atoms in total. The number of aromatic nitrogens is 2. The summed E-state index contributed by atoms with van der Waals surface area (Å²) in [6, 6.07) is 2.74. The highest BCUT2D eigenvalue weighted by molar-refractivity contribution is 7.91. The molecule has 8 heteroatoms. The van der Waals surface area contributed by atoms with E-state index in [-0.39, 0.29) is 23.7 Å². The standard InChI is InChI=1S/C9H13N3O4S/c1-2-17(15,16)6-5-10-8-4-3-7(9(13)14)11-12-8/h3-4H,2,5-6H2,1H3,(H,10,12)(H,13,14). The number of hydrogen-bond donors (Lipinski definition) is 2. The zero-order chi connectivity index (χ0) is 12.9. The van der Waals surface area contributed by atoms with Gasteiger partial charge in [0, 0.05) is 12.3 Å². The van der Waals surface area contributed by atoms with E-state index in [1.165, 1.54) is 12.1 Å². The molecule has 0 saturated carbocycles. The van der Waals surface area contributed by atoms with Crippen molar-refractivity contribution in [3.05, 3.63) is 17.8 Å². The van der Waals surface area contributed by atoms with E-state index in [0.29, 0.717) is 5.82 Å². The average molecular weight is 259 g/mol. The molecule has 0 aliphatic carbocycles. The molecule has 0 radical (unpaired) electrons. The van der Waals surface area contributed by atoms with Crippen LogP contribution in [0.4, 0.5) is 5.82 Å². The van der Waals surface area contributed by atoms with Crippen LogP contribution in [0.25, 0.3) is 0 Å². The first kappa shape index (κ1) is 13.4. The average Bonchev–Trinajstić information content (AvgIpc) is 2.29. The number of nitrogens with zero attached hydrogens (tertiary/aromatic N) is 2. The van der Waals surface area contributed by atoms with Gasteiger partial charge in [0.2, 0.25) is 0 Å². The number of carboxylic acids is 1. The Morgan fingerprint density at radius 1 is 1.41 bits per heavy atom. The summed E-state index contributed by atoms with van der Waals surface area (Å²) in [7, 11) is -3.02. The zero-order valence-corrected chi connectivity index (χ0v) is 10.1. The first-order chi connectivity index (χ1) is 7.94. The van der Waals surface area contributed by atoms with Crippen LogP contribution in [0.5, 0.6) is 0 Å². The molecule has 0 saturated heterocycles.